The number of aromatic amines is 1. The topological polar surface area (TPSA) is 72.5 Å². The van der Waals surface area contributed by atoms with Crippen LogP contribution in [0.3, 0.4) is 0 Å². The van der Waals surface area contributed by atoms with Crippen molar-refractivity contribution < 1.29 is 4.42 Å². The van der Waals surface area contributed by atoms with Gasteiger partial charge in [0.25, 0.3) is 0 Å². The number of furan rings is 1. The molecule has 0 unspecified atom stereocenters. The van der Waals surface area contributed by atoms with E-state index >= 15 is 0 Å². The minimum absolute atomic E-state index is 0.595. The SMILES string of the molecule is c1ccc(-c2nc(-c3ccccc3)nc(-c3cccc4oc5cc(-n6c7ccc8ccccc8c7c7c8ccccc8c8c9ccccc9[nH]c8c76)ccc5c34)n2)cc1. The molecule has 6 heteroatoms. The molecule has 0 saturated carbocycles. The average Bonchev–Trinajstić information content (AvgIpc) is 3.99. The van der Waals surface area contributed by atoms with Crippen molar-refractivity contribution in [3.63, 3.8) is 0 Å². The van der Waals surface area contributed by atoms with Crippen molar-refractivity contribution in [2.45, 2.75) is 0 Å². The zero-order valence-electron chi connectivity index (χ0n) is 31.5. The molecule has 0 radical (unpaired) electrons. The lowest BCUT2D eigenvalue weighted by molar-refractivity contribution is 0.668. The highest BCUT2D eigenvalue weighted by Gasteiger charge is 2.24. The van der Waals surface area contributed by atoms with Gasteiger partial charge in [-0.25, -0.2) is 15.0 Å². The first kappa shape index (κ1) is 32.0. The summed E-state index contributed by atoms with van der Waals surface area (Å²) in [6.45, 7) is 0. The molecule has 4 aromatic heterocycles. The minimum Gasteiger partial charge on any atom is -0.456 e. The summed E-state index contributed by atoms with van der Waals surface area (Å²) in [5, 5.41) is 11.8. The quantitative estimate of drug-likeness (QED) is 0.194. The molecular formula is C53H31N5O. The maximum Gasteiger partial charge on any atom is 0.164 e. The van der Waals surface area contributed by atoms with E-state index in [0.717, 1.165) is 66.4 Å². The van der Waals surface area contributed by atoms with E-state index in [1.165, 1.54) is 43.1 Å². The lowest BCUT2D eigenvalue weighted by Crippen LogP contribution is -2.00. The van der Waals surface area contributed by atoms with E-state index in [9.17, 15) is 0 Å². The number of H-pyrrole nitrogens is 1. The lowest BCUT2D eigenvalue weighted by Gasteiger charge is -2.11. The molecule has 0 fully saturated rings. The molecule has 13 aromatic rings. The highest BCUT2D eigenvalue weighted by atomic mass is 16.3. The Balaban J connectivity index is 1.10. The van der Waals surface area contributed by atoms with Gasteiger partial charge in [-0.2, -0.15) is 0 Å². The Labute approximate surface area is 336 Å². The fraction of sp³-hybridized carbons (Fsp3) is 0. The van der Waals surface area contributed by atoms with Crippen LogP contribution in [0.1, 0.15) is 0 Å². The average molecular weight is 754 g/mol. The van der Waals surface area contributed by atoms with E-state index in [4.69, 9.17) is 19.4 Å². The molecule has 59 heavy (non-hydrogen) atoms. The molecule has 0 aliphatic rings. The third-order valence-corrected chi connectivity index (χ3v) is 11.9. The van der Waals surface area contributed by atoms with Crippen LogP contribution in [-0.4, -0.2) is 24.5 Å². The number of aromatic nitrogens is 5. The molecule has 274 valence electrons. The van der Waals surface area contributed by atoms with Crippen LogP contribution in [-0.2, 0) is 0 Å². The van der Waals surface area contributed by atoms with E-state index in [1.807, 2.05) is 72.8 Å². The number of para-hydroxylation sites is 1. The zero-order valence-corrected chi connectivity index (χ0v) is 31.5. The Morgan fingerprint density at radius 2 is 1.07 bits per heavy atom. The molecular weight excluding hydrogens is 723 g/mol. The van der Waals surface area contributed by atoms with E-state index in [-0.39, 0.29) is 0 Å². The maximum absolute atomic E-state index is 6.79. The van der Waals surface area contributed by atoms with Crippen LogP contribution in [0.5, 0.6) is 0 Å². The van der Waals surface area contributed by atoms with Gasteiger partial charge in [0.15, 0.2) is 17.5 Å². The molecule has 0 amide bonds. The smallest absolute Gasteiger partial charge is 0.164 e. The van der Waals surface area contributed by atoms with Gasteiger partial charge in [-0.15, -0.1) is 0 Å². The second kappa shape index (κ2) is 12.2. The van der Waals surface area contributed by atoms with Gasteiger partial charge >= 0.3 is 0 Å². The number of hydrogen-bond donors (Lipinski definition) is 1. The van der Waals surface area contributed by atoms with E-state index < -0.39 is 0 Å². The number of nitrogens with one attached hydrogen (secondary N) is 1. The van der Waals surface area contributed by atoms with Gasteiger partial charge in [-0.1, -0.05) is 146 Å². The first-order valence-corrected chi connectivity index (χ1v) is 19.9. The summed E-state index contributed by atoms with van der Waals surface area (Å²) in [5.74, 6) is 1.84. The third kappa shape index (κ3) is 4.65. The fourth-order valence-electron chi connectivity index (χ4n) is 9.41. The first-order chi connectivity index (χ1) is 29.3. The van der Waals surface area contributed by atoms with E-state index in [1.54, 1.807) is 0 Å². The second-order valence-corrected chi connectivity index (χ2v) is 15.2. The van der Waals surface area contributed by atoms with Crippen molar-refractivity contribution >= 4 is 87.1 Å². The molecule has 0 bridgehead atoms. The van der Waals surface area contributed by atoms with Crippen LogP contribution in [0.25, 0.3) is 127 Å². The number of rotatable bonds is 4. The Morgan fingerprint density at radius 3 is 1.83 bits per heavy atom. The van der Waals surface area contributed by atoms with Crippen molar-refractivity contribution in [1.29, 1.82) is 0 Å². The lowest BCUT2D eigenvalue weighted by atomic mass is 9.96. The minimum atomic E-state index is 0.595. The van der Waals surface area contributed by atoms with Crippen molar-refractivity contribution in [3.8, 4) is 39.9 Å². The molecule has 0 saturated heterocycles. The molecule has 0 aliphatic carbocycles. The Hall–Kier alpha value is -8.09. The summed E-state index contributed by atoms with van der Waals surface area (Å²) in [6.07, 6.45) is 0. The summed E-state index contributed by atoms with van der Waals surface area (Å²) < 4.78 is 9.22. The largest absolute Gasteiger partial charge is 0.456 e. The number of benzene rings is 9. The van der Waals surface area contributed by atoms with Gasteiger partial charge in [0.05, 0.1) is 22.2 Å². The Bertz CT molecular complexity index is 3780. The molecule has 9 aromatic carbocycles. The first-order valence-electron chi connectivity index (χ1n) is 19.9. The van der Waals surface area contributed by atoms with Gasteiger partial charge in [0.2, 0.25) is 0 Å². The predicted molar refractivity (Wildman–Crippen MR) is 242 cm³/mol. The highest BCUT2D eigenvalue weighted by Crippen LogP contribution is 2.47. The summed E-state index contributed by atoms with van der Waals surface area (Å²) in [5.41, 5.74) is 9.84. The fourth-order valence-corrected chi connectivity index (χ4v) is 9.41. The molecule has 0 spiro atoms. The normalized spacial score (nSPS) is 12.1. The van der Waals surface area contributed by atoms with Crippen molar-refractivity contribution in [3.05, 3.63) is 182 Å². The van der Waals surface area contributed by atoms with Crippen LogP contribution in [0.15, 0.2) is 186 Å². The molecule has 0 aliphatic heterocycles. The number of fused-ring (bicyclic) bond motifs is 15. The van der Waals surface area contributed by atoms with Gasteiger partial charge in [-0.3, -0.25) is 0 Å². The molecule has 1 N–H and O–H groups in total. The van der Waals surface area contributed by atoms with Crippen LogP contribution in [0.2, 0.25) is 0 Å². The third-order valence-electron chi connectivity index (χ3n) is 11.9. The van der Waals surface area contributed by atoms with Gasteiger partial charge < -0.3 is 14.0 Å². The van der Waals surface area contributed by atoms with Gasteiger partial charge in [0, 0.05) is 60.6 Å². The highest BCUT2D eigenvalue weighted by molar-refractivity contribution is 6.38. The number of nitrogens with zero attached hydrogens (tertiary/aromatic N) is 4. The summed E-state index contributed by atoms with van der Waals surface area (Å²) in [4.78, 5) is 19.0. The van der Waals surface area contributed by atoms with E-state index in [0.29, 0.717) is 17.5 Å². The van der Waals surface area contributed by atoms with E-state index in [2.05, 4.69) is 119 Å². The van der Waals surface area contributed by atoms with Crippen LogP contribution >= 0.6 is 0 Å². The molecule has 4 heterocycles. The van der Waals surface area contributed by atoms with Crippen molar-refractivity contribution in [1.82, 2.24) is 24.5 Å². The predicted octanol–water partition coefficient (Wildman–Crippen LogP) is 13.8. The second-order valence-electron chi connectivity index (χ2n) is 15.2. The van der Waals surface area contributed by atoms with Gasteiger partial charge in [0.1, 0.15) is 11.2 Å². The Morgan fingerprint density at radius 1 is 0.424 bits per heavy atom. The molecule has 0 atom stereocenters. The molecule has 6 nitrogen and oxygen atoms in total. The Kier molecular flexibility index (Phi) is 6.63. The maximum atomic E-state index is 6.79. The molecule has 13 rings (SSSR count). The van der Waals surface area contributed by atoms with Crippen LogP contribution in [0.4, 0.5) is 0 Å². The summed E-state index contributed by atoms with van der Waals surface area (Å²) in [7, 11) is 0. The van der Waals surface area contributed by atoms with Crippen molar-refractivity contribution in [2.75, 3.05) is 0 Å². The van der Waals surface area contributed by atoms with Crippen LogP contribution < -0.4 is 0 Å². The number of hydrogen-bond acceptors (Lipinski definition) is 4. The monoisotopic (exact) mass is 753 g/mol. The summed E-state index contributed by atoms with van der Waals surface area (Å²) in [6, 6.07) is 63.6. The van der Waals surface area contributed by atoms with Crippen molar-refractivity contribution in [2.24, 2.45) is 0 Å². The van der Waals surface area contributed by atoms with Crippen LogP contribution in [0, 0.1) is 0 Å². The zero-order chi connectivity index (χ0) is 38.6. The summed E-state index contributed by atoms with van der Waals surface area (Å²) >= 11 is 0. The van der Waals surface area contributed by atoms with Gasteiger partial charge in [-0.05, 0) is 51.9 Å². The standard InChI is InChI=1S/C53H31N5O/c1-3-15-32(16-4-1)51-55-52(33-17-5-2-6-18-33)57-53(56-51)40-23-13-25-43-45(40)39-28-27-34(30-44(39)59-43)58-42-29-26-31-14-7-8-19-35(31)47(42)48-37-21-10-9-20-36(37)46-38-22-11-12-24-41(38)54-49(46)50(48)58/h1-30,54H.